The van der Waals surface area contributed by atoms with Crippen molar-refractivity contribution in [3.63, 3.8) is 0 Å². The Morgan fingerprint density at radius 1 is 1.04 bits per heavy atom. The third-order valence-corrected chi connectivity index (χ3v) is 6.05. The van der Waals surface area contributed by atoms with Crippen molar-refractivity contribution in [2.75, 3.05) is 29.4 Å². The molecule has 1 amide bonds. The smallest absolute Gasteiger partial charge is 0.230 e. The molecule has 3 heterocycles. The number of hydrogen-bond acceptors (Lipinski definition) is 4. The quantitative estimate of drug-likeness (QED) is 0.659. The van der Waals surface area contributed by atoms with Crippen LogP contribution in [0.25, 0.3) is 11.0 Å². The summed E-state index contributed by atoms with van der Waals surface area (Å²) in [6.45, 7) is 2.44. The zero-order valence-electron chi connectivity index (χ0n) is 15.5. The monoisotopic (exact) mass is 392 g/mol. The lowest BCUT2D eigenvalue weighted by Crippen LogP contribution is -2.42. The SMILES string of the molecule is O=C(C1CCN(c2cnc3cc(Cl)ccc3n2)CC1)N1CCc2ccccc21. The average Bonchev–Trinajstić information content (AvgIpc) is 3.17. The van der Waals surface area contributed by atoms with Crippen LogP contribution in [-0.2, 0) is 11.2 Å². The summed E-state index contributed by atoms with van der Waals surface area (Å²) >= 11 is 6.02. The zero-order chi connectivity index (χ0) is 19.1. The van der Waals surface area contributed by atoms with E-state index < -0.39 is 0 Å². The van der Waals surface area contributed by atoms with Gasteiger partial charge < -0.3 is 9.80 Å². The molecule has 0 bridgehead atoms. The second kappa shape index (κ2) is 7.06. The summed E-state index contributed by atoms with van der Waals surface area (Å²) in [6.07, 6.45) is 4.45. The molecular weight excluding hydrogens is 372 g/mol. The van der Waals surface area contributed by atoms with Crippen LogP contribution in [0.3, 0.4) is 0 Å². The number of nitrogens with zero attached hydrogens (tertiary/aromatic N) is 4. The third kappa shape index (κ3) is 3.10. The number of hydrogen-bond donors (Lipinski definition) is 0. The predicted octanol–water partition coefficient (Wildman–Crippen LogP) is 4.09. The van der Waals surface area contributed by atoms with Crippen LogP contribution in [0, 0.1) is 5.92 Å². The number of para-hydroxylation sites is 1. The molecule has 1 aromatic heterocycles. The number of benzene rings is 2. The van der Waals surface area contributed by atoms with Crippen molar-refractivity contribution in [1.82, 2.24) is 9.97 Å². The fourth-order valence-corrected chi connectivity index (χ4v) is 4.44. The van der Waals surface area contributed by atoms with E-state index in [-0.39, 0.29) is 11.8 Å². The Morgan fingerprint density at radius 2 is 1.86 bits per heavy atom. The van der Waals surface area contributed by atoms with Crippen molar-refractivity contribution < 1.29 is 4.79 Å². The van der Waals surface area contributed by atoms with E-state index in [1.54, 1.807) is 6.20 Å². The molecule has 0 spiro atoms. The van der Waals surface area contributed by atoms with Gasteiger partial charge in [-0.05, 0) is 49.1 Å². The van der Waals surface area contributed by atoms with Gasteiger partial charge in [0.2, 0.25) is 5.91 Å². The van der Waals surface area contributed by atoms with Gasteiger partial charge in [-0.1, -0.05) is 29.8 Å². The minimum atomic E-state index is 0.0784. The van der Waals surface area contributed by atoms with Gasteiger partial charge in [0, 0.05) is 36.3 Å². The van der Waals surface area contributed by atoms with Crippen molar-refractivity contribution in [2.45, 2.75) is 19.3 Å². The summed E-state index contributed by atoms with van der Waals surface area (Å²) in [7, 11) is 0. The first-order valence-corrected chi connectivity index (χ1v) is 10.1. The van der Waals surface area contributed by atoms with Crippen LogP contribution in [0.2, 0.25) is 5.02 Å². The molecule has 0 N–H and O–H groups in total. The molecule has 2 aromatic carbocycles. The first-order valence-electron chi connectivity index (χ1n) is 9.75. The number of carbonyl (C=O) groups excluding carboxylic acids is 1. The fourth-order valence-electron chi connectivity index (χ4n) is 4.27. The second-order valence-electron chi connectivity index (χ2n) is 7.49. The molecule has 6 heteroatoms. The summed E-state index contributed by atoms with van der Waals surface area (Å²) < 4.78 is 0. The standard InChI is InChI=1S/C22H21ClN4O/c23-17-5-6-18-19(13-17)24-14-21(25-18)26-10-7-16(8-11-26)22(28)27-12-9-15-3-1-2-4-20(15)27/h1-6,13-14,16H,7-12H2. The lowest BCUT2D eigenvalue weighted by molar-refractivity contribution is -0.122. The summed E-state index contributed by atoms with van der Waals surface area (Å²) in [6, 6.07) is 13.8. The van der Waals surface area contributed by atoms with E-state index >= 15 is 0 Å². The maximum Gasteiger partial charge on any atom is 0.230 e. The van der Waals surface area contributed by atoms with Crippen LogP contribution in [0.4, 0.5) is 11.5 Å². The van der Waals surface area contributed by atoms with Crippen molar-refractivity contribution in [1.29, 1.82) is 0 Å². The van der Waals surface area contributed by atoms with Gasteiger partial charge in [0.05, 0.1) is 17.2 Å². The van der Waals surface area contributed by atoms with E-state index in [0.29, 0.717) is 5.02 Å². The minimum absolute atomic E-state index is 0.0784. The fraction of sp³-hybridized carbons (Fsp3) is 0.318. The Hall–Kier alpha value is -2.66. The molecule has 0 unspecified atom stereocenters. The molecule has 1 fully saturated rings. The van der Waals surface area contributed by atoms with E-state index in [1.165, 1.54) is 5.56 Å². The number of fused-ring (bicyclic) bond motifs is 2. The highest BCUT2D eigenvalue weighted by Crippen LogP contribution is 2.31. The van der Waals surface area contributed by atoms with Gasteiger partial charge in [-0.25, -0.2) is 4.98 Å². The minimum Gasteiger partial charge on any atom is -0.355 e. The Balaban J connectivity index is 1.28. The molecule has 2 aliphatic rings. The Morgan fingerprint density at radius 3 is 2.71 bits per heavy atom. The molecule has 0 aliphatic carbocycles. The van der Waals surface area contributed by atoms with Gasteiger partial charge in [-0.15, -0.1) is 0 Å². The number of piperidine rings is 1. The van der Waals surface area contributed by atoms with Crippen LogP contribution in [0.1, 0.15) is 18.4 Å². The molecule has 0 saturated carbocycles. The second-order valence-corrected chi connectivity index (χ2v) is 7.93. The Kier molecular flexibility index (Phi) is 4.40. The molecule has 0 atom stereocenters. The van der Waals surface area contributed by atoms with Crippen LogP contribution < -0.4 is 9.80 Å². The molecule has 1 saturated heterocycles. The maximum atomic E-state index is 13.1. The Labute approximate surface area is 169 Å². The average molecular weight is 393 g/mol. The van der Waals surface area contributed by atoms with Crippen LogP contribution in [0.5, 0.6) is 0 Å². The maximum absolute atomic E-state index is 13.1. The normalized spacial score (nSPS) is 17.2. The van der Waals surface area contributed by atoms with E-state index in [9.17, 15) is 4.79 Å². The van der Waals surface area contributed by atoms with Crippen molar-refractivity contribution in [2.24, 2.45) is 5.92 Å². The summed E-state index contributed by atoms with van der Waals surface area (Å²) in [5.41, 5.74) is 4.01. The molecule has 3 aromatic rings. The van der Waals surface area contributed by atoms with E-state index in [2.05, 4.69) is 22.0 Å². The zero-order valence-corrected chi connectivity index (χ0v) is 16.3. The molecule has 142 valence electrons. The number of carbonyl (C=O) groups is 1. The van der Waals surface area contributed by atoms with Gasteiger partial charge >= 0.3 is 0 Å². The number of amides is 1. The van der Waals surface area contributed by atoms with Crippen molar-refractivity contribution >= 4 is 40.0 Å². The van der Waals surface area contributed by atoms with Crippen LogP contribution in [0.15, 0.2) is 48.7 Å². The van der Waals surface area contributed by atoms with Gasteiger partial charge in [0.25, 0.3) is 0 Å². The lowest BCUT2D eigenvalue weighted by Gasteiger charge is -2.33. The van der Waals surface area contributed by atoms with E-state index in [1.807, 2.05) is 35.2 Å². The van der Waals surface area contributed by atoms with E-state index in [4.69, 9.17) is 16.6 Å². The molecular formula is C22H21ClN4O. The largest absolute Gasteiger partial charge is 0.355 e. The summed E-state index contributed by atoms with van der Waals surface area (Å²) in [5.74, 6) is 1.21. The molecule has 28 heavy (non-hydrogen) atoms. The number of rotatable bonds is 2. The molecule has 5 nitrogen and oxygen atoms in total. The lowest BCUT2D eigenvalue weighted by atomic mass is 9.95. The number of halogens is 1. The van der Waals surface area contributed by atoms with Gasteiger partial charge in [0.1, 0.15) is 5.82 Å². The van der Waals surface area contributed by atoms with Crippen LogP contribution >= 0.6 is 11.6 Å². The highest BCUT2D eigenvalue weighted by Gasteiger charge is 2.32. The highest BCUT2D eigenvalue weighted by atomic mass is 35.5. The van der Waals surface area contributed by atoms with Crippen molar-refractivity contribution in [3.05, 3.63) is 59.2 Å². The van der Waals surface area contributed by atoms with Gasteiger partial charge in [-0.2, -0.15) is 0 Å². The molecule has 2 aliphatic heterocycles. The number of aromatic nitrogens is 2. The van der Waals surface area contributed by atoms with Crippen LogP contribution in [-0.4, -0.2) is 35.5 Å². The van der Waals surface area contributed by atoms with Crippen molar-refractivity contribution in [3.8, 4) is 0 Å². The van der Waals surface area contributed by atoms with Gasteiger partial charge in [0.15, 0.2) is 0 Å². The Bertz CT molecular complexity index is 1050. The summed E-state index contributed by atoms with van der Waals surface area (Å²) in [4.78, 5) is 26.5. The number of anilines is 2. The topological polar surface area (TPSA) is 49.3 Å². The predicted molar refractivity (Wildman–Crippen MR) is 112 cm³/mol. The molecule has 0 radical (unpaired) electrons. The van der Waals surface area contributed by atoms with Gasteiger partial charge in [-0.3, -0.25) is 9.78 Å². The first-order chi connectivity index (χ1) is 13.7. The highest BCUT2D eigenvalue weighted by molar-refractivity contribution is 6.31. The summed E-state index contributed by atoms with van der Waals surface area (Å²) in [5, 5.41) is 0.664. The van der Waals surface area contributed by atoms with E-state index in [0.717, 1.165) is 61.4 Å². The third-order valence-electron chi connectivity index (χ3n) is 5.81. The first kappa shape index (κ1) is 17.4. The molecule has 5 rings (SSSR count).